The first-order valence-corrected chi connectivity index (χ1v) is 6.67. The summed E-state index contributed by atoms with van der Waals surface area (Å²) < 4.78 is 5.40. The van der Waals surface area contributed by atoms with Crippen LogP contribution in [0.5, 0.6) is 5.75 Å². The average molecular weight is 268 g/mol. The van der Waals surface area contributed by atoms with Gasteiger partial charge in [-0.05, 0) is 42.7 Å². The van der Waals surface area contributed by atoms with E-state index in [2.05, 4.69) is 0 Å². The van der Waals surface area contributed by atoms with E-state index in [0.29, 0.717) is 12.3 Å². The maximum atomic E-state index is 12.3. The molecular weight excluding hydrogens is 252 g/mol. The summed E-state index contributed by atoms with van der Waals surface area (Å²) in [5.41, 5.74) is 8.60. The maximum absolute atomic E-state index is 12.3. The second kappa shape index (κ2) is 5.25. The van der Waals surface area contributed by atoms with Crippen LogP contribution in [0, 0.1) is 0 Å². The van der Waals surface area contributed by atoms with Gasteiger partial charge in [0, 0.05) is 12.2 Å². The van der Waals surface area contributed by atoms with Crippen LogP contribution >= 0.6 is 0 Å². The van der Waals surface area contributed by atoms with Crippen molar-refractivity contribution in [3.63, 3.8) is 0 Å². The number of hydrogen-bond donors (Lipinski definition) is 1. The highest BCUT2D eigenvalue weighted by Gasteiger charge is 2.25. The summed E-state index contributed by atoms with van der Waals surface area (Å²) in [4.78, 5) is 14.0. The predicted octanol–water partition coefficient (Wildman–Crippen LogP) is 3.22. The van der Waals surface area contributed by atoms with Crippen LogP contribution < -0.4 is 15.4 Å². The van der Waals surface area contributed by atoms with E-state index in [0.717, 1.165) is 29.8 Å². The zero-order chi connectivity index (χ0) is 13.9. The summed E-state index contributed by atoms with van der Waals surface area (Å²) in [6, 6.07) is 14.7. The third-order valence-electron chi connectivity index (χ3n) is 3.46. The Labute approximate surface area is 117 Å². The van der Waals surface area contributed by atoms with Crippen molar-refractivity contribution in [2.24, 2.45) is 0 Å². The molecule has 4 nitrogen and oxygen atoms in total. The van der Waals surface area contributed by atoms with Crippen LogP contribution in [-0.4, -0.2) is 12.6 Å². The Kier molecular flexibility index (Phi) is 3.29. The number of amides is 1. The van der Waals surface area contributed by atoms with Crippen molar-refractivity contribution in [3.05, 3.63) is 54.1 Å². The molecule has 4 heteroatoms. The highest BCUT2D eigenvalue weighted by molar-refractivity contribution is 5.91. The summed E-state index contributed by atoms with van der Waals surface area (Å²) in [5, 5.41) is 0. The number of nitrogen functional groups attached to an aromatic ring is 1. The normalized spacial score (nSPS) is 13.7. The molecule has 0 saturated carbocycles. The summed E-state index contributed by atoms with van der Waals surface area (Å²) in [7, 11) is 0. The molecule has 20 heavy (non-hydrogen) atoms. The number of anilines is 2. The fourth-order valence-corrected chi connectivity index (χ4v) is 2.49. The van der Waals surface area contributed by atoms with Crippen molar-refractivity contribution in [1.29, 1.82) is 0 Å². The molecule has 0 radical (unpaired) electrons. The van der Waals surface area contributed by atoms with Gasteiger partial charge in [0.25, 0.3) is 0 Å². The van der Waals surface area contributed by atoms with Gasteiger partial charge in [0.05, 0.1) is 5.69 Å². The van der Waals surface area contributed by atoms with E-state index >= 15 is 0 Å². The Bertz CT molecular complexity index is 626. The monoisotopic (exact) mass is 268 g/mol. The molecule has 1 heterocycles. The minimum atomic E-state index is -0.359. The molecule has 0 atom stereocenters. The van der Waals surface area contributed by atoms with Crippen molar-refractivity contribution >= 4 is 17.5 Å². The Morgan fingerprint density at radius 2 is 1.90 bits per heavy atom. The minimum absolute atomic E-state index is 0.359. The molecule has 2 N–H and O–H groups in total. The number of para-hydroxylation sites is 1. The van der Waals surface area contributed by atoms with Gasteiger partial charge in [0.15, 0.2) is 0 Å². The second-order valence-corrected chi connectivity index (χ2v) is 4.78. The van der Waals surface area contributed by atoms with Crippen LogP contribution in [-0.2, 0) is 6.42 Å². The van der Waals surface area contributed by atoms with Gasteiger partial charge in [0.2, 0.25) is 0 Å². The number of benzene rings is 2. The number of nitrogens with zero attached hydrogens (tertiary/aromatic N) is 1. The van der Waals surface area contributed by atoms with Gasteiger partial charge in [-0.15, -0.1) is 0 Å². The van der Waals surface area contributed by atoms with E-state index in [9.17, 15) is 4.79 Å². The van der Waals surface area contributed by atoms with Gasteiger partial charge >= 0.3 is 6.09 Å². The number of hydrogen-bond acceptors (Lipinski definition) is 3. The lowest BCUT2D eigenvalue weighted by molar-refractivity contribution is 0.207. The number of ether oxygens (including phenoxy) is 1. The predicted molar refractivity (Wildman–Crippen MR) is 79.0 cm³/mol. The van der Waals surface area contributed by atoms with Crippen LogP contribution in [0.25, 0.3) is 0 Å². The number of carbonyl (C=O) groups is 1. The van der Waals surface area contributed by atoms with Gasteiger partial charge in [-0.3, -0.25) is 4.90 Å². The van der Waals surface area contributed by atoms with Gasteiger partial charge in [-0.1, -0.05) is 24.3 Å². The molecular formula is C16H16N2O2. The first-order chi connectivity index (χ1) is 9.75. The molecule has 0 aromatic heterocycles. The SMILES string of the molecule is Nc1cccc2c1CCCN2C(=O)Oc1ccccc1. The van der Waals surface area contributed by atoms with Crippen LogP contribution in [0.15, 0.2) is 48.5 Å². The Morgan fingerprint density at radius 3 is 2.70 bits per heavy atom. The molecule has 0 spiro atoms. The van der Waals surface area contributed by atoms with E-state index in [4.69, 9.17) is 10.5 Å². The van der Waals surface area contributed by atoms with Crippen LogP contribution in [0.3, 0.4) is 0 Å². The molecule has 1 aliphatic rings. The maximum Gasteiger partial charge on any atom is 0.419 e. The fourth-order valence-electron chi connectivity index (χ4n) is 2.49. The molecule has 0 unspecified atom stereocenters. The Balaban J connectivity index is 1.86. The van der Waals surface area contributed by atoms with Crippen molar-refractivity contribution in [2.45, 2.75) is 12.8 Å². The van der Waals surface area contributed by atoms with E-state index in [1.54, 1.807) is 17.0 Å². The smallest absolute Gasteiger partial charge is 0.410 e. The lowest BCUT2D eigenvalue weighted by Gasteiger charge is -2.29. The first kappa shape index (κ1) is 12.5. The number of rotatable bonds is 1. The van der Waals surface area contributed by atoms with Gasteiger partial charge < -0.3 is 10.5 Å². The fraction of sp³-hybridized carbons (Fsp3) is 0.188. The van der Waals surface area contributed by atoms with Crippen molar-refractivity contribution < 1.29 is 9.53 Å². The number of fused-ring (bicyclic) bond motifs is 1. The van der Waals surface area contributed by atoms with Crippen molar-refractivity contribution in [3.8, 4) is 5.75 Å². The lowest BCUT2D eigenvalue weighted by atomic mass is 10.0. The van der Waals surface area contributed by atoms with Gasteiger partial charge in [0.1, 0.15) is 5.75 Å². The molecule has 1 amide bonds. The average Bonchev–Trinajstić information content (AvgIpc) is 2.48. The van der Waals surface area contributed by atoms with Crippen LogP contribution in [0.2, 0.25) is 0 Å². The Hall–Kier alpha value is -2.49. The molecule has 0 fully saturated rings. The lowest BCUT2D eigenvalue weighted by Crippen LogP contribution is -2.37. The minimum Gasteiger partial charge on any atom is -0.410 e. The zero-order valence-electron chi connectivity index (χ0n) is 11.1. The highest BCUT2D eigenvalue weighted by Crippen LogP contribution is 2.31. The molecule has 0 saturated heterocycles. The molecule has 1 aliphatic heterocycles. The largest absolute Gasteiger partial charge is 0.419 e. The van der Waals surface area contributed by atoms with E-state index in [1.807, 2.05) is 36.4 Å². The molecule has 0 bridgehead atoms. The Morgan fingerprint density at radius 1 is 1.10 bits per heavy atom. The van der Waals surface area contributed by atoms with Gasteiger partial charge in [-0.25, -0.2) is 4.79 Å². The summed E-state index contributed by atoms with van der Waals surface area (Å²) in [5.74, 6) is 0.550. The zero-order valence-corrected chi connectivity index (χ0v) is 11.1. The number of nitrogens with two attached hydrogens (primary N) is 1. The summed E-state index contributed by atoms with van der Waals surface area (Å²) in [6.45, 7) is 0.655. The second-order valence-electron chi connectivity index (χ2n) is 4.78. The van der Waals surface area contributed by atoms with Crippen molar-refractivity contribution in [2.75, 3.05) is 17.2 Å². The molecule has 2 aromatic rings. The third-order valence-corrected chi connectivity index (χ3v) is 3.46. The van der Waals surface area contributed by atoms with E-state index in [1.165, 1.54) is 0 Å². The molecule has 0 aliphatic carbocycles. The third kappa shape index (κ3) is 2.32. The highest BCUT2D eigenvalue weighted by atomic mass is 16.6. The molecule has 102 valence electrons. The summed E-state index contributed by atoms with van der Waals surface area (Å²) in [6.07, 6.45) is 1.44. The topological polar surface area (TPSA) is 55.6 Å². The van der Waals surface area contributed by atoms with Crippen LogP contribution in [0.4, 0.5) is 16.2 Å². The molecule has 2 aromatic carbocycles. The quantitative estimate of drug-likeness (QED) is 0.808. The summed E-state index contributed by atoms with van der Waals surface area (Å²) >= 11 is 0. The van der Waals surface area contributed by atoms with E-state index in [-0.39, 0.29) is 6.09 Å². The first-order valence-electron chi connectivity index (χ1n) is 6.67. The van der Waals surface area contributed by atoms with E-state index < -0.39 is 0 Å². The van der Waals surface area contributed by atoms with Gasteiger partial charge in [-0.2, -0.15) is 0 Å². The van der Waals surface area contributed by atoms with Crippen LogP contribution in [0.1, 0.15) is 12.0 Å². The van der Waals surface area contributed by atoms with Crippen molar-refractivity contribution in [1.82, 2.24) is 0 Å². The standard InChI is InChI=1S/C16H16N2O2/c17-14-9-4-10-15-13(14)8-5-11-18(15)16(19)20-12-6-2-1-3-7-12/h1-4,6-7,9-10H,5,8,11,17H2. The number of carbonyl (C=O) groups excluding carboxylic acids is 1. The molecule has 3 rings (SSSR count).